The smallest absolute Gasteiger partial charge is 0.0606 e. The highest BCUT2D eigenvalue weighted by atomic mass is 15.3. The molecule has 2 nitrogen and oxygen atoms in total. The Labute approximate surface area is 294 Å². The van der Waals surface area contributed by atoms with Gasteiger partial charge in [-0.3, -0.25) is 0 Å². The lowest BCUT2D eigenvalue weighted by molar-refractivity contribution is 0.372. The Morgan fingerprint density at radius 2 is 1.35 bits per heavy atom. The summed E-state index contributed by atoms with van der Waals surface area (Å²) in [6, 6.07) is 35.6. The molecule has 2 heteroatoms. The molecular formula is C47H50N2. The number of hydrogen-bond acceptors (Lipinski definition) is 2. The van der Waals surface area contributed by atoms with Crippen molar-refractivity contribution in [2.75, 3.05) is 9.80 Å². The molecule has 49 heavy (non-hydrogen) atoms. The molecule has 0 amide bonds. The van der Waals surface area contributed by atoms with Crippen molar-refractivity contribution in [3.05, 3.63) is 180 Å². The molecule has 248 valence electrons. The van der Waals surface area contributed by atoms with E-state index in [2.05, 4.69) is 216 Å². The summed E-state index contributed by atoms with van der Waals surface area (Å²) in [5.41, 5.74) is 6.96. The van der Waals surface area contributed by atoms with Crippen molar-refractivity contribution in [2.24, 2.45) is 11.3 Å². The van der Waals surface area contributed by atoms with Gasteiger partial charge in [-0.05, 0) is 85.5 Å². The van der Waals surface area contributed by atoms with Crippen LogP contribution < -0.4 is 9.80 Å². The van der Waals surface area contributed by atoms with Gasteiger partial charge < -0.3 is 9.80 Å². The standard InChI is InChI=1S/C47H50N2/c1-44(2,3)36-23-25-37(26-24-36)45(4,5)49(40-19-9-8-10-20-40)47(7)32-29-39(30-33-47)48(43-22-15-17-35-16-11-12-21-42(35)43)41-28-27-38-18-13-14-31-46(38,6)34-41/h8-32,34,38H,33H2,1-7H3. The fraction of sp³-hybridized carbons (Fsp3) is 0.277. The summed E-state index contributed by atoms with van der Waals surface area (Å²) in [5.74, 6) is 0.355. The van der Waals surface area contributed by atoms with E-state index in [0.717, 1.165) is 6.42 Å². The van der Waals surface area contributed by atoms with Crippen LogP contribution in [0.5, 0.6) is 0 Å². The Morgan fingerprint density at radius 1 is 0.653 bits per heavy atom. The van der Waals surface area contributed by atoms with Gasteiger partial charge in [0.05, 0.1) is 16.8 Å². The molecule has 0 fully saturated rings. The van der Waals surface area contributed by atoms with E-state index in [9.17, 15) is 0 Å². The Morgan fingerprint density at radius 3 is 2.06 bits per heavy atom. The summed E-state index contributed by atoms with van der Waals surface area (Å²) in [6.07, 6.45) is 24.3. The van der Waals surface area contributed by atoms with E-state index >= 15 is 0 Å². The lowest BCUT2D eigenvalue weighted by atomic mass is 9.71. The maximum atomic E-state index is 2.63. The SMILES string of the molecule is CC(C)(C)c1ccc(C(C)(C)N(c2ccccc2)C2(C)C=CC(N(C3=CC4(C)C=CC=CC4C=C3)c3cccc4ccccc34)=CC2)cc1. The van der Waals surface area contributed by atoms with Crippen LogP contribution in [0.15, 0.2) is 169 Å². The minimum absolute atomic E-state index is 0.0776. The molecule has 7 rings (SSSR count). The molecule has 0 saturated heterocycles. The van der Waals surface area contributed by atoms with Gasteiger partial charge in [0.25, 0.3) is 0 Å². The van der Waals surface area contributed by atoms with Gasteiger partial charge in [-0.25, -0.2) is 0 Å². The number of fused-ring (bicyclic) bond motifs is 2. The topological polar surface area (TPSA) is 6.48 Å². The van der Waals surface area contributed by atoms with Crippen molar-refractivity contribution in [3.8, 4) is 0 Å². The van der Waals surface area contributed by atoms with E-state index in [0.29, 0.717) is 5.92 Å². The average Bonchev–Trinajstić information content (AvgIpc) is 3.09. The molecular weight excluding hydrogens is 593 g/mol. The third-order valence-electron chi connectivity index (χ3n) is 10.9. The third kappa shape index (κ3) is 6.03. The zero-order valence-corrected chi connectivity index (χ0v) is 30.2. The first-order valence-corrected chi connectivity index (χ1v) is 17.8. The zero-order chi connectivity index (χ0) is 34.4. The largest absolute Gasteiger partial charge is 0.353 e. The summed E-state index contributed by atoms with van der Waals surface area (Å²) < 4.78 is 0. The fourth-order valence-electron chi connectivity index (χ4n) is 8.10. The first-order valence-electron chi connectivity index (χ1n) is 17.8. The van der Waals surface area contributed by atoms with Crippen molar-refractivity contribution in [1.29, 1.82) is 0 Å². The van der Waals surface area contributed by atoms with Gasteiger partial charge in [-0.1, -0.05) is 149 Å². The van der Waals surface area contributed by atoms with Crippen molar-refractivity contribution in [3.63, 3.8) is 0 Å². The number of hydrogen-bond donors (Lipinski definition) is 0. The number of para-hydroxylation sites is 1. The molecule has 0 spiro atoms. The van der Waals surface area contributed by atoms with Crippen molar-refractivity contribution in [1.82, 2.24) is 0 Å². The quantitative estimate of drug-likeness (QED) is 0.198. The van der Waals surface area contributed by atoms with Crippen LogP contribution in [-0.2, 0) is 11.0 Å². The van der Waals surface area contributed by atoms with Crippen LogP contribution in [0.1, 0.15) is 66.0 Å². The molecule has 0 aromatic heterocycles. The maximum Gasteiger partial charge on any atom is 0.0606 e. The van der Waals surface area contributed by atoms with Crippen LogP contribution >= 0.6 is 0 Å². The van der Waals surface area contributed by atoms with Gasteiger partial charge in [0.15, 0.2) is 0 Å². The summed E-state index contributed by atoms with van der Waals surface area (Å²) in [7, 11) is 0. The molecule has 3 atom stereocenters. The van der Waals surface area contributed by atoms with Crippen molar-refractivity contribution >= 4 is 22.1 Å². The van der Waals surface area contributed by atoms with E-state index in [1.54, 1.807) is 0 Å². The predicted molar refractivity (Wildman–Crippen MR) is 211 cm³/mol. The number of rotatable bonds is 7. The zero-order valence-electron chi connectivity index (χ0n) is 30.2. The van der Waals surface area contributed by atoms with Gasteiger partial charge in [-0.2, -0.15) is 0 Å². The minimum atomic E-state index is -0.281. The molecule has 3 aliphatic carbocycles. The normalized spacial score (nSPS) is 23.2. The summed E-state index contributed by atoms with van der Waals surface area (Å²) in [4.78, 5) is 5.11. The van der Waals surface area contributed by atoms with Gasteiger partial charge in [0, 0.05) is 33.8 Å². The second kappa shape index (κ2) is 12.3. The van der Waals surface area contributed by atoms with Gasteiger partial charge >= 0.3 is 0 Å². The Hall–Kier alpha value is -4.82. The molecule has 3 aliphatic rings. The Kier molecular flexibility index (Phi) is 8.18. The average molecular weight is 643 g/mol. The maximum absolute atomic E-state index is 2.63. The first-order chi connectivity index (χ1) is 23.4. The van der Waals surface area contributed by atoms with Gasteiger partial charge in [-0.15, -0.1) is 0 Å². The highest BCUT2D eigenvalue weighted by molar-refractivity contribution is 5.96. The molecule has 3 unspecified atom stereocenters. The number of allylic oxidation sites excluding steroid dienone is 8. The van der Waals surface area contributed by atoms with Crippen LogP contribution in [0, 0.1) is 11.3 Å². The fourth-order valence-corrected chi connectivity index (χ4v) is 8.10. The highest BCUT2D eigenvalue weighted by Gasteiger charge is 2.42. The van der Waals surface area contributed by atoms with E-state index in [1.165, 1.54) is 44.7 Å². The van der Waals surface area contributed by atoms with Crippen molar-refractivity contribution in [2.45, 2.75) is 71.4 Å². The van der Waals surface area contributed by atoms with Gasteiger partial charge in [0.2, 0.25) is 0 Å². The third-order valence-corrected chi connectivity index (χ3v) is 10.9. The first kappa shape index (κ1) is 32.7. The molecule has 0 heterocycles. The van der Waals surface area contributed by atoms with Crippen LogP contribution in [-0.4, -0.2) is 5.54 Å². The van der Waals surface area contributed by atoms with Crippen LogP contribution in [0.4, 0.5) is 11.4 Å². The number of anilines is 2. The van der Waals surface area contributed by atoms with Crippen molar-refractivity contribution < 1.29 is 0 Å². The molecule has 0 bridgehead atoms. The monoisotopic (exact) mass is 642 g/mol. The van der Waals surface area contributed by atoms with Crippen LogP contribution in [0.3, 0.4) is 0 Å². The summed E-state index contributed by atoms with van der Waals surface area (Å²) in [6.45, 7) is 16.3. The lowest BCUT2D eigenvalue weighted by Crippen LogP contribution is -2.55. The Bertz CT molecular complexity index is 2020. The Balaban J connectivity index is 1.31. The second-order valence-electron chi connectivity index (χ2n) is 16.0. The molecule has 0 N–H and O–H groups in total. The summed E-state index contributed by atoms with van der Waals surface area (Å²) >= 11 is 0. The minimum Gasteiger partial charge on any atom is -0.353 e. The summed E-state index contributed by atoms with van der Waals surface area (Å²) in [5, 5.41) is 2.49. The van der Waals surface area contributed by atoms with Crippen LogP contribution in [0.2, 0.25) is 0 Å². The molecule has 0 saturated carbocycles. The number of nitrogens with zero attached hydrogens (tertiary/aromatic N) is 2. The molecule has 0 aliphatic heterocycles. The molecule has 4 aromatic carbocycles. The van der Waals surface area contributed by atoms with E-state index in [-0.39, 0.29) is 21.9 Å². The predicted octanol–water partition coefficient (Wildman–Crippen LogP) is 12.2. The highest BCUT2D eigenvalue weighted by Crippen LogP contribution is 2.46. The van der Waals surface area contributed by atoms with E-state index in [1.807, 2.05) is 0 Å². The lowest BCUT2D eigenvalue weighted by Gasteiger charge is -2.52. The van der Waals surface area contributed by atoms with Gasteiger partial charge in [0.1, 0.15) is 0 Å². The molecule has 0 radical (unpaired) electrons. The van der Waals surface area contributed by atoms with Crippen LogP contribution in [0.25, 0.3) is 10.8 Å². The van der Waals surface area contributed by atoms with E-state index in [4.69, 9.17) is 0 Å². The molecule has 4 aromatic rings. The van der Waals surface area contributed by atoms with E-state index < -0.39 is 0 Å². The second-order valence-corrected chi connectivity index (χ2v) is 16.0. The number of benzene rings is 4.